The number of nitrogens with zero attached hydrogens (tertiary/aromatic N) is 3. The second-order valence-corrected chi connectivity index (χ2v) is 23.9. The van der Waals surface area contributed by atoms with Crippen molar-refractivity contribution < 1.29 is 31.7 Å². The van der Waals surface area contributed by atoms with Crippen LogP contribution in [-0.2, 0) is 21.3 Å². The second-order valence-electron chi connectivity index (χ2n) is 17.2. The Bertz CT molecular complexity index is 2070. The number of amides is 1. The quantitative estimate of drug-likeness (QED) is 0.137. The number of carbonyl (C=O) groups is 1. The Hall–Kier alpha value is -3.43. The summed E-state index contributed by atoms with van der Waals surface area (Å²) >= 11 is -1.50. The molecule has 1 aliphatic carbocycles. The van der Waals surface area contributed by atoms with Gasteiger partial charge in [0, 0.05) is 47.1 Å². The van der Waals surface area contributed by atoms with E-state index in [9.17, 15) is 18.1 Å². The summed E-state index contributed by atoms with van der Waals surface area (Å²) in [6.45, 7) is 15.5. The van der Waals surface area contributed by atoms with E-state index in [0.717, 1.165) is 0 Å². The van der Waals surface area contributed by atoms with Crippen LogP contribution in [0.1, 0.15) is 107 Å². The Morgan fingerprint density at radius 2 is 1.81 bits per heavy atom. The second kappa shape index (κ2) is 12.3. The molecule has 2 aliphatic heterocycles. The lowest BCUT2D eigenvalue weighted by molar-refractivity contribution is -0.0720. The lowest BCUT2D eigenvalue weighted by atomic mass is 9.64. The molecular formula is C38H46F3N5O4SSi. The van der Waals surface area contributed by atoms with E-state index in [2.05, 4.69) is 43.9 Å². The fraction of sp³-hybridized carbons (Fsp3) is 0.500. The number of pyridine rings is 1. The maximum atomic E-state index is 16.5. The number of benzene rings is 2. The molecule has 0 radical (unpaired) electrons. The molecule has 0 spiro atoms. The van der Waals surface area contributed by atoms with Gasteiger partial charge >= 0.3 is 6.61 Å². The van der Waals surface area contributed by atoms with Gasteiger partial charge in [-0.2, -0.15) is 8.78 Å². The fourth-order valence-corrected chi connectivity index (χ4v) is 10.4. The van der Waals surface area contributed by atoms with Crippen LogP contribution in [-0.4, -0.2) is 50.3 Å². The molecule has 0 saturated heterocycles. The van der Waals surface area contributed by atoms with Gasteiger partial charge in [-0.3, -0.25) is 9.78 Å². The number of halogens is 3. The minimum absolute atomic E-state index is 0.0189. The Morgan fingerprint density at radius 1 is 1.10 bits per heavy atom. The lowest BCUT2D eigenvalue weighted by Gasteiger charge is -2.57. The molecule has 3 atom stereocenters. The van der Waals surface area contributed by atoms with Crippen LogP contribution in [0.15, 0.2) is 48.7 Å². The molecule has 7 rings (SSSR count). The van der Waals surface area contributed by atoms with Crippen LogP contribution in [0.2, 0.25) is 18.1 Å². The number of nitrogens with one attached hydrogen (secondary N) is 2. The first-order valence-corrected chi connectivity index (χ1v) is 21.6. The van der Waals surface area contributed by atoms with Crippen molar-refractivity contribution in [3.05, 3.63) is 77.1 Å². The first-order chi connectivity index (χ1) is 24.1. The first-order valence-electron chi connectivity index (χ1n) is 17.6. The summed E-state index contributed by atoms with van der Waals surface area (Å²) < 4.78 is 73.3. The van der Waals surface area contributed by atoms with E-state index in [1.54, 1.807) is 12.3 Å². The highest BCUT2D eigenvalue weighted by Gasteiger charge is 2.61. The van der Waals surface area contributed by atoms with E-state index < -0.39 is 60.1 Å². The maximum absolute atomic E-state index is 16.5. The highest BCUT2D eigenvalue weighted by atomic mass is 32.2. The molecule has 1 fully saturated rings. The van der Waals surface area contributed by atoms with Crippen molar-refractivity contribution >= 4 is 36.6 Å². The number of imidazole rings is 1. The van der Waals surface area contributed by atoms with Crippen molar-refractivity contribution in [3.63, 3.8) is 0 Å². The predicted molar refractivity (Wildman–Crippen MR) is 198 cm³/mol. The Morgan fingerprint density at radius 3 is 2.44 bits per heavy atom. The van der Waals surface area contributed by atoms with Crippen molar-refractivity contribution in [2.45, 2.75) is 120 Å². The highest BCUT2D eigenvalue weighted by molar-refractivity contribution is 7.90. The van der Waals surface area contributed by atoms with Gasteiger partial charge in [0.1, 0.15) is 33.4 Å². The van der Waals surface area contributed by atoms with E-state index >= 15 is 4.39 Å². The van der Waals surface area contributed by atoms with Crippen LogP contribution in [0, 0.1) is 5.82 Å². The van der Waals surface area contributed by atoms with Gasteiger partial charge in [-0.25, -0.2) is 9.37 Å². The van der Waals surface area contributed by atoms with Crippen molar-refractivity contribution in [1.29, 1.82) is 0 Å². The third-order valence-corrected chi connectivity index (χ3v) is 17.4. The average molecular weight is 754 g/mol. The molecule has 9 nitrogen and oxygen atoms in total. The number of carbonyl (C=O) groups excluding carboxylic acids is 1. The van der Waals surface area contributed by atoms with Crippen molar-refractivity contribution in [3.8, 4) is 16.9 Å². The van der Waals surface area contributed by atoms with E-state index in [1.807, 2.05) is 50.5 Å². The molecular weight excluding hydrogens is 708 g/mol. The molecule has 3 aliphatic rings. The zero-order valence-corrected chi connectivity index (χ0v) is 32.8. The third-order valence-electron chi connectivity index (χ3n) is 11.1. The van der Waals surface area contributed by atoms with Crippen LogP contribution in [0.5, 0.6) is 5.75 Å². The molecule has 4 heterocycles. The van der Waals surface area contributed by atoms with Crippen LogP contribution in [0.3, 0.4) is 0 Å². The Kier molecular flexibility index (Phi) is 8.73. The molecule has 4 aromatic rings. The summed E-state index contributed by atoms with van der Waals surface area (Å²) in [4.78, 5) is 22.7. The normalized spacial score (nSPS) is 25.0. The average Bonchev–Trinajstić information content (AvgIpc) is 3.50. The predicted octanol–water partition coefficient (Wildman–Crippen LogP) is 8.44. The van der Waals surface area contributed by atoms with Gasteiger partial charge in [-0.1, -0.05) is 32.9 Å². The van der Waals surface area contributed by atoms with Gasteiger partial charge in [0.25, 0.3) is 5.91 Å². The van der Waals surface area contributed by atoms with Crippen molar-refractivity contribution in [1.82, 2.24) is 24.6 Å². The van der Waals surface area contributed by atoms with Gasteiger partial charge in [0.05, 0.1) is 28.7 Å². The zero-order valence-electron chi connectivity index (χ0n) is 31.0. The summed E-state index contributed by atoms with van der Waals surface area (Å²) in [6.07, 6.45) is 2.85. The summed E-state index contributed by atoms with van der Waals surface area (Å²) in [6, 6.07) is 10.6. The number of alkyl halides is 2. The van der Waals surface area contributed by atoms with E-state index in [0.29, 0.717) is 52.8 Å². The van der Waals surface area contributed by atoms with Gasteiger partial charge < -0.3 is 23.6 Å². The number of hydrogen-bond acceptors (Lipinski definition) is 7. The molecule has 1 unspecified atom stereocenters. The number of fused-ring (bicyclic) bond motifs is 9. The van der Waals surface area contributed by atoms with Crippen molar-refractivity contribution in [2.75, 3.05) is 0 Å². The molecule has 278 valence electrons. The maximum Gasteiger partial charge on any atom is 0.387 e. The molecule has 52 heavy (non-hydrogen) atoms. The molecule has 2 N–H and O–H groups in total. The largest absolute Gasteiger partial charge is 0.598 e. The van der Waals surface area contributed by atoms with Crippen LogP contribution in [0.25, 0.3) is 22.2 Å². The zero-order chi connectivity index (χ0) is 37.8. The molecule has 2 bridgehead atoms. The monoisotopic (exact) mass is 753 g/mol. The number of ether oxygens (including phenoxy) is 1. The smallest absolute Gasteiger partial charge is 0.387 e. The summed E-state index contributed by atoms with van der Waals surface area (Å²) in [5.41, 5.74) is 1.84. The topological polar surface area (TPSA) is 113 Å². The van der Waals surface area contributed by atoms with E-state index in [-0.39, 0.29) is 28.0 Å². The van der Waals surface area contributed by atoms with Crippen LogP contribution >= 0.6 is 0 Å². The molecule has 14 heteroatoms. The molecule has 2 aromatic carbocycles. The Balaban J connectivity index is 1.25. The van der Waals surface area contributed by atoms with Gasteiger partial charge in [0.2, 0.25) is 0 Å². The molecule has 1 amide bonds. The third kappa shape index (κ3) is 6.23. The van der Waals surface area contributed by atoms with Gasteiger partial charge in [-0.05, 0) is 88.1 Å². The van der Waals surface area contributed by atoms with Crippen molar-refractivity contribution in [2.24, 2.45) is 0 Å². The summed E-state index contributed by atoms with van der Waals surface area (Å²) in [5.74, 6) is -0.352. The lowest BCUT2D eigenvalue weighted by Crippen LogP contribution is -2.67. The minimum Gasteiger partial charge on any atom is -0.598 e. The number of rotatable bonds is 8. The number of aromatic nitrogens is 3. The van der Waals surface area contributed by atoms with Gasteiger partial charge in [0.15, 0.2) is 8.32 Å². The van der Waals surface area contributed by atoms with E-state index in [1.165, 1.54) is 18.2 Å². The first kappa shape index (κ1) is 36.9. The summed E-state index contributed by atoms with van der Waals surface area (Å²) in [7, 11) is -2.17. The fourth-order valence-electron chi connectivity index (χ4n) is 7.82. The van der Waals surface area contributed by atoms with Crippen LogP contribution in [0.4, 0.5) is 13.2 Å². The van der Waals surface area contributed by atoms with E-state index in [4.69, 9.17) is 19.1 Å². The molecule has 1 saturated carbocycles. The summed E-state index contributed by atoms with van der Waals surface area (Å²) in [5, 5.41) is 2.98. The number of hydrogen-bond donors (Lipinski definition) is 2. The Labute approximate surface area is 306 Å². The minimum atomic E-state index is -3.06. The highest BCUT2D eigenvalue weighted by Crippen LogP contribution is 2.55. The van der Waals surface area contributed by atoms with Gasteiger partial charge in [-0.15, -0.1) is 4.72 Å². The standard InChI is InChI=1S/C38H46F3N5O4SSi/c1-35(2,3)51(48)45-38(19-37(7,20-38)50-52(8,9)36(4,5)6)31-24(39)15-22(18-42-31)21-13-14-25-27(16-21)46-28-17-26(32(46)43-25)44-33(47)23-11-10-12-29(30(23)28)49-34(40)41/h10-16,18,26,28,34,45H,17,19-20H2,1-9H3,(H,44,47)/t26-,28-,37-,38+,51?/m1/s1. The SMILES string of the molecule is CC(C)(C)[S+]([O-])N[C@]1(c2ncc(-c3ccc4nc5n(c4c3)[C@@H]3C[C@H]5NC(=O)c4cccc(OC(F)F)c43)cc2F)C[C@](C)(O[Si](C)(C)C(C)(C)C)C1. The van der Waals surface area contributed by atoms with Crippen LogP contribution < -0.4 is 14.8 Å². The molecule has 2 aromatic heterocycles.